The SMILES string of the molecule is CC/C=C\C/C=C\C/C=C\C/C=C\C/C=C\C/C=C\C/C=C\C/C=C\C/C=C\C/C=C\CCCCCCCCCCC(=O)NC(COP(=O)([O-])OCC[N+](C)(C)C)C(O)CCCCCCCCCCCCCCCCCCCC. The molecule has 0 saturated heterocycles. The van der Waals surface area contributed by atoms with Crippen molar-refractivity contribution in [3.8, 4) is 0 Å². The second-order valence-electron chi connectivity index (χ2n) is 22.7. The Balaban J connectivity index is 4.12. The van der Waals surface area contributed by atoms with Gasteiger partial charge in [-0.25, -0.2) is 0 Å². The third-order valence-corrected chi connectivity index (χ3v) is 14.9. The number of nitrogens with zero attached hydrogens (tertiary/aromatic N) is 1. The fourth-order valence-electron chi connectivity index (χ4n) is 8.95. The van der Waals surface area contributed by atoms with Gasteiger partial charge in [0.05, 0.1) is 39.9 Å². The number of quaternary nitrogens is 1. The number of aliphatic hydroxyl groups is 1. The Morgan fingerprint density at radius 3 is 1.13 bits per heavy atom. The van der Waals surface area contributed by atoms with Crippen molar-refractivity contribution < 1.29 is 32.9 Å². The highest BCUT2D eigenvalue weighted by Crippen LogP contribution is 2.38. The number of amides is 1. The summed E-state index contributed by atoms with van der Waals surface area (Å²) in [5.41, 5.74) is 0. The zero-order chi connectivity index (χ0) is 57.7. The van der Waals surface area contributed by atoms with E-state index in [1.807, 2.05) is 21.1 Å². The third-order valence-electron chi connectivity index (χ3n) is 14.0. The van der Waals surface area contributed by atoms with E-state index in [-0.39, 0.29) is 19.1 Å². The molecule has 454 valence electrons. The summed E-state index contributed by atoms with van der Waals surface area (Å²) in [7, 11) is 1.29. The molecule has 0 aromatic rings. The van der Waals surface area contributed by atoms with Crippen LogP contribution in [0.5, 0.6) is 0 Å². The molecular weight excluding hydrogens is 996 g/mol. The van der Waals surface area contributed by atoms with Crippen molar-refractivity contribution in [2.75, 3.05) is 40.9 Å². The Morgan fingerprint density at radius 2 is 0.772 bits per heavy atom. The second kappa shape index (κ2) is 59.5. The lowest BCUT2D eigenvalue weighted by atomic mass is 10.0. The number of hydrogen-bond acceptors (Lipinski definition) is 6. The van der Waals surface area contributed by atoms with Crippen LogP contribution in [0.15, 0.2) is 122 Å². The largest absolute Gasteiger partial charge is 0.756 e. The number of carbonyl (C=O) groups excluding carboxylic acids is 1. The number of likely N-dealkylation sites (N-methyl/N-ethyl adjacent to an activating group) is 1. The monoisotopic (exact) mass is 1120 g/mol. The molecular formula is C70H123N2O6P. The highest BCUT2D eigenvalue weighted by atomic mass is 31.2. The van der Waals surface area contributed by atoms with Gasteiger partial charge in [0.2, 0.25) is 5.91 Å². The van der Waals surface area contributed by atoms with E-state index in [4.69, 9.17) is 9.05 Å². The van der Waals surface area contributed by atoms with Gasteiger partial charge in [0, 0.05) is 6.42 Å². The van der Waals surface area contributed by atoms with Crippen LogP contribution in [0, 0.1) is 0 Å². The predicted octanol–water partition coefficient (Wildman–Crippen LogP) is 19.9. The van der Waals surface area contributed by atoms with Gasteiger partial charge in [0.1, 0.15) is 13.2 Å². The van der Waals surface area contributed by atoms with E-state index < -0.39 is 20.0 Å². The van der Waals surface area contributed by atoms with Crippen LogP contribution in [0.25, 0.3) is 0 Å². The van der Waals surface area contributed by atoms with Crippen molar-refractivity contribution in [3.05, 3.63) is 122 Å². The molecule has 0 spiro atoms. The molecule has 0 aliphatic rings. The molecule has 79 heavy (non-hydrogen) atoms. The van der Waals surface area contributed by atoms with Crippen LogP contribution in [-0.2, 0) is 18.4 Å². The lowest BCUT2D eigenvalue weighted by Crippen LogP contribution is -2.46. The zero-order valence-corrected chi connectivity index (χ0v) is 52.7. The summed E-state index contributed by atoms with van der Waals surface area (Å²) in [4.78, 5) is 25.6. The van der Waals surface area contributed by atoms with Gasteiger partial charge >= 0.3 is 0 Å². The molecule has 0 fully saturated rings. The summed E-state index contributed by atoms with van der Waals surface area (Å²) in [5, 5.41) is 14.0. The number of carbonyl (C=O) groups is 1. The fraction of sp³-hybridized carbons (Fsp3) is 0.700. The first-order valence-electron chi connectivity index (χ1n) is 32.4. The Morgan fingerprint density at radius 1 is 0.456 bits per heavy atom. The van der Waals surface area contributed by atoms with Crippen molar-refractivity contribution in [3.63, 3.8) is 0 Å². The minimum Gasteiger partial charge on any atom is -0.756 e. The Bertz CT molecular complexity index is 1700. The molecule has 9 heteroatoms. The van der Waals surface area contributed by atoms with E-state index in [2.05, 4.69) is 141 Å². The van der Waals surface area contributed by atoms with E-state index >= 15 is 0 Å². The first-order chi connectivity index (χ1) is 38.5. The number of rotatable bonds is 58. The minimum atomic E-state index is -4.59. The summed E-state index contributed by atoms with van der Waals surface area (Å²) in [6.07, 6.45) is 88.1. The summed E-state index contributed by atoms with van der Waals surface area (Å²) >= 11 is 0. The topological polar surface area (TPSA) is 108 Å². The normalized spacial score (nSPS) is 14.6. The number of phosphoric acid groups is 1. The number of nitrogens with one attached hydrogen (secondary N) is 1. The molecule has 3 unspecified atom stereocenters. The molecule has 3 atom stereocenters. The number of phosphoric ester groups is 1. The standard InChI is InChI=1S/C70H123N2O6P/c1-6-8-10-12-14-16-18-20-22-24-26-27-28-29-30-31-32-33-34-35-36-37-38-39-40-41-42-43-44-45-46-48-50-52-54-56-58-60-62-64-70(74)71-68(67-78-79(75,76)77-66-65-72(3,4)5)69(73)63-61-59-57-55-53-51-49-47-25-23-21-19-17-15-13-11-9-7-2/h8,10,14,16,20,22,26-27,29-30,32-33,35-36,38-39,41-42,44-45,68-69,73H,6-7,9,11-13,15,17-19,21,23-25,28,31,34,37,40,43,46-67H2,1-5H3,(H-,71,74,75,76)/b10-8-,16-14-,22-20-,27-26-,30-29-,33-32-,36-35-,39-38-,42-41-,45-44-. The first-order valence-corrected chi connectivity index (χ1v) is 33.8. The van der Waals surface area contributed by atoms with Crippen LogP contribution in [0.1, 0.15) is 264 Å². The molecule has 0 aliphatic heterocycles. The number of allylic oxidation sites excluding steroid dienone is 20. The molecule has 0 radical (unpaired) electrons. The van der Waals surface area contributed by atoms with E-state index in [9.17, 15) is 19.4 Å². The second-order valence-corrected chi connectivity index (χ2v) is 24.2. The molecule has 0 aliphatic carbocycles. The lowest BCUT2D eigenvalue weighted by Gasteiger charge is -2.30. The summed E-state index contributed by atoms with van der Waals surface area (Å²) in [5.74, 6) is -0.176. The summed E-state index contributed by atoms with van der Waals surface area (Å²) < 4.78 is 23.5. The molecule has 0 bridgehead atoms. The maximum Gasteiger partial charge on any atom is 0.268 e. The van der Waals surface area contributed by atoms with Gasteiger partial charge in [-0.1, -0.05) is 289 Å². The smallest absolute Gasteiger partial charge is 0.268 e. The van der Waals surface area contributed by atoms with Crippen LogP contribution < -0.4 is 10.2 Å². The van der Waals surface area contributed by atoms with Gasteiger partial charge in [0.25, 0.3) is 7.82 Å². The van der Waals surface area contributed by atoms with Gasteiger partial charge in [-0.05, 0) is 89.9 Å². The van der Waals surface area contributed by atoms with Crippen molar-refractivity contribution in [1.82, 2.24) is 5.32 Å². The van der Waals surface area contributed by atoms with Gasteiger partial charge < -0.3 is 28.8 Å². The fourth-order valence-corrected chi connectivity index (χ4v) is 9.67. The Hall–Kier alpha value is -3.10. The van der Waals surface area contributed by atoms with Crippen molar-refractivity contribution in [2.45, 2.75) is 276 Å². The Labute approximate surface area is 488 Å². The highest BCUT2D eigenvalue weighted by molar-refractivity contribution is 7.45. The summed E-state index contributed by atoms with van der Waals surface area (Å²) in [6.45, 7) is 4.61. The van der Waals surface area contributed by atoms with E-state index in [1.165, 1.54) is 128 Å². The van der Waals surface area contributed by atoms with Crippen LogP contribution in [-0.4, -0.2) is 68.5 Å². The van der Waals surface area contributed by atoms with Crippen LogP contribution in [0.2, 0.25) is 0 Å². The number of aliphatic hydroxyl groups excluding tert-OH is 1. The lowest BCUT2D eigenvalue weighted by molar-refractivity contribution is -0.870. The van der Waals surface area contributed by atoms with Crippen molar-refractivity contribution in [1.29, 1.82) is 0 Å². The molecule has 1 amide bonds. The number of unbranched alkanes of at least 4 members (excludes halogenated alkanes) is 25. The highest BCUT2D eigenvalue weighted by Gasteiger charge is 2.24. The van der Waals surface area contributed by atoms with E-state index in [0.29, 0.717) is 23.9 Å². The molecule has 0 aromatic carbocycles. The van der Waals surface area contributed by atoms with E-state index in [1.54, 1.807) is 0 Å². The molecule has 0 aromatic heterocycles. The number of hydrogen-bond donors (Lipinski definition) is 2. The van der Waals surface area contributed by atoms with Gasteiger partial charge in [-0.15, -0.1) is 0 Å². The predicted molar refractivity (Wildman–Crippen MR) is 343 cm³/mol. The van der Waals surface area contributed by atoms with Crippen LogP contribution in [0.4, 0.5) is 0 Å². The molecule has 8 nitrogen and oxygen atoms in total. The molecule has 0 saturated carbocycles. The van der Waals surface area contributed by atoms with Crippen molar-refractivity contribution >= 4 is 13.7 Å². The average Bonchev–Trinajstić information content (AvgIpc) is 3.42. The molecule has 0 heterocycles. The van der Waals surface area contributed by atoms with Crippen LogP contribution in [0.3, 0.4) is 0 Å². The summed E-state index contributed by atoms with van der Waals surface area (Å²) in [6, 6.07) is -0.814. The Kier molecular flexibility index (Phi) is 57.2. The average molecular weight is 1120 g/mol. The molecule has 2 N–H and O–H groups in total. The quantitative estimate of drug-likeness (QED) is 0.0272. The van der Waals surface area contributed by atoms with E-state index in [0.717, 1.165) is 109 Å². The molecule has 0 rings (SSSR count). The van der Waals surface area contributed by atoms with Gasteiger partial charge in [-0.3, -0.25) is 9.36 Å². The first kappa shape index (κ1) is 75.9. The minimum absolute atomic E-state index is 0.00527. The van der Waals surface area contributed by atoms with Crippen molar-refractivity contribution in [2.24, 2.45) is 0 Å². The van der Waals surface area contributed by atoms with Gasteiger partial charge in [-0.2, -0.15) is 0 Å². The third kappa shape index (κ3) is 62.4. The van der Waals surface area contributed by atoms with Crippen LogP contribution >= 0.6 is 7.82 Å². The zero-order valence-electron chi connectivity index (χ0n) is 51.8. The maximum atomic E-state index is 13.0. The maximum absolute atomic E-state index is 13.0. The van der Waals surface area contributed by atoms with Gasteiger partial charge in [0.15, 0.2) is 0 Å².